The summed E-state index contributed by atoms with van der Waals surface area (Å²) in [6.07, 6.45) is 2.22. The number of carbonyl (C=O) groups is 1. The van der Waals surface area contributed by atoms with Crippen molar-refractivity contribution in [1.29, 1.82) is 0 Å². The minimum atomic E-state index is 0.0327. The molecule has 2 atom stereocenters. The molecule has 0 aliphatic carbocycles. The lowest BCUT2D eigenvalue weighted by atomic mass is 10.2. The van der Waals surface area contributed by atoms with Gasteiger partial charge >= 0.3 is 0 Å². The highest BCUT2D eigenvalue weighted by Gasteiger charge is 2.33. The van der Waals surface area contributed by atoms with E-state index in [0.717, 1.165) is 35.6 Å². The summed E-state index contributed by atoms with van der Waals surface area (Å²) in [5.74, 6) is 0.0327. The van der Waals surface area contributed by atoms with Crippen LogP contribution in [0.15, 0.2) is 48.5 Å². The van der Waals surface area contributed by atoms with Gasteiger partial charge in [-0.05, 0) is 36.4 Å². The summed E-state index contributed by atoms with van der Waals surface area (Å²) in [7, 11) is 0. The average Bonchev–Trinajstić information content (AvgIpc) is 3.22. The second-order valence-corrected chi connectivity index (χ2v) is 7.85. The highest BCUT2D eigenvalue weighted by molar-refractivity contribution is 7.18. The number of likely N-dealkylation sites (tertiary alicyclic amines) is 1. The number of nitrogens with one attached hydrogen (secondary N) is 2. The molecule has 4 rings (SSSR count). The number of thiazole rings is 1. The van der Waals surface area contributed by atoms with Crippen LogP contribution in [0, 0.1) is 0 Å². The van der Waals surface area contributed by atoms with Gasteiger partial charge in [0.15, 0.2) is 11.6 Å². The molecule has 25 heavy (non-hydrogen) atoms. The van der Waals surface area contributed by atoms with Crippen LogP contribution >= 0.6 is 22.9 Å². The van der Waals surface area contributed by atoms with Gasteiger partial charge in [-0.2, -0.15) is 0 Å². The third-order valence-corrected chi connectivity index (χ3v) is 6.01. The number of para-hydroxylation sites is 1. The second kappa shape index (κ2) is 7.12. The van der Waals surface area contributed by atoms with Crippen molar-refractivity contribution in [3.63, 3.8) is 0 Å². The summed E-state index contributed by atoms with van der Waals surface area (Å²) >= 11 is 7.64. The molecule has 1 unspecified atom stereocenters. The van der Waals surface area contributed by atoms with E-state index in [-0.39, 0.29) is 5.91 Å². The van der Waals surface area contributed by atoms with Crippen LogP contribution in [0.3, 0.4) is 0 Å². The second-order valence-electron chi connectivity index (χ2n) is 6.35. The minimum absolute atomic E-state index is 0.0327. The van der Waals surface area contributed by atoms with E-state index in [4.69, 9.17) is 16.6 Å². The lowest BCUT2D eigenvalue weighted by molar-refractivity contribution is -0.910. The molecule has 4 nitrogen and oxygen atoms in total. The number of aromatic nitrogens is 1. The Balaban J connectivity index is 1.45. The predicted octanol–water partition coefficient (Wildman–Crippen LogP) is 3.31. The Kier molecular flexibility index (Phi) is 4.70. The van der Waals surface area contributed by atoms with Crippen molar-refractivity contribution in [3.05, 3.63) is 58.6 Å². The zero-order valence-corrected chi connectivity index (χ0v) is 15.2. The molecular formula is C19H19ClN3OS+. The van der Waals surface area contributed by atoms with Crippen LogP contribution in [0.2, 0.25) is 5.02 Å². The fourth-order valence-corrected chi connectivity index (χ4v) is 4.69. The average molecular weight is 373 g/mol. The zero-order valence-electron chi connectivity index (χ0n) is 13.7. The first kappa shape index (κ1) is 16.5. The maximum absolute atomic E-state index is 12.4. The van der Waals surface area contributed by atoms with Gasteiger partial charge in [0.2, 0.25) is 0 Å². The first-order valence-electron chi connectivity index (χ1n) is 8.44. The molecule has 1 amide bonds. The predicted molar refractivity (Wildman–Crippen MR) is 102 cm³/mol. The van der Waals surface area contributed by atoms with Gasteiger partial charge in [0.25, 0.3) is 5.91 Å². The van der Waals surface area contributed by atoms with Gasteiger partial charge in [-0.1, -0.05) is 23.7 Å². The van der Waals surface area contributed by atoms with Crippen LogP contribution in [0.1, 0.15) is 23.9 Å². The van der Waals surface area contributed by atoms with Gasteiger partial charge in [0.05, 0.1) is 16.8 Å². The number of carbonyl (C=O) groups excluding carboxylic acids is 1. The topological polar surface area (TPSA) is 46.4 Å². The summed E-state index contributed by atoms with van der Waals surface area (Å²) in [6.45, 7) is 1.47. The number of anilines is 1. The Bertz CT molecular complexity index is 860. The van der Waals surface area contributed by atoms with Gasteiger partial charge in [-0.3, -0.25) is 4.79 Å². The molecule has 0 bridgehead atoms. The van der Waals surface area contributed by atoms with E-state index in [9.17, 15) is 4.79 Å². The third-order valence-electron chi connectivity index (χ3n) is 4.61. The molecule has 1 aromatic heterocycles. The number of hydrogen-bond donors (Lipinski definition) is 2. The van der Waals surface area contributed by atoms with Crippen LogP contribution in [-0.2, 0) is 4.79 Å². The molecule has 128 valence electrons. The van der Waals surface area contributed by atoms with Crippen LogP contribution in [0.5, 0.6) is 0 Å². The largest absolute Gasteiger partial charge is 0.321 e. The molecule has 6 heteroatoms. The molecule has 2 heterocycles. The molecule has 0 spiro atoms. The zero-order chi connectivity index (χ0) is 17.2. The van der Waals surface area contributed by atoms with Crippen molar-refractivity contribution in [2.24, 2.45) is 0 Å². The third kappa shape index (κ3) is 3.68. The Hall–Kier alpha value is -1.95. The number of fused-ring (bicyclic) bond motifs is 1. The SMILES string of the molecule is O=C(C[NH+]1CCC[C@H]1c1nc2ccccc2s1)Nc1ccc(Cl)cc1. The lowest BCUT2D eigenvalue weighted by Gasteiger charge is -2.19. The van der Waals surface area contributed by atoms with Crippen molar-refractivity contribution in [1.82, 2.24) is 4.98 Å². The van der Waals surface area contributed by atoms with Gasteiger partial charge in [-0.15, -0.1) is 11.3 Å². The lowest BCUT2D eigenvalue weighted by Crippen LogP contribution is -3.11. The monoisotopic (exact) mass is 372 g/mol. The molecule has 0 radical (unpaired) electrons. The Morgan fingerprint density at radius 3 is 2.84 bits per heavy atom. The number of halogens is 1. The summed E-state index contributed by atoms with van der Waals surface area (Å²) in [4.78, 5) is 18.5. The quantitative estimate of drug-likeness (QED) is 0.738. The van der Waals surface area contributed by atoms with Gasteiger partial charge < -0.3 is 10.2 Å². The van der Waals surface area contributed by atoms with Gasteiger partial charge in [0, 0.05) is 23.6 Å². The number of nitrogens with zero attached hydrogens (tertiary/aromatic N) is 1. The molecule has 0 saturated carbocycles. The summed E-state index contributed by atoms with van der Waals surface area (Å²) in [5.41, 5.74) is 1.84. The Morgan fingerprint density at radius 2 is 2.04 bits per heavy atom. The maximum atomic E-state index is 12.4. The smallest absolute Gasteiger partial charge is 0.279 e. The molecule has 2 aromatic carbocycles. The maximum Gasteiger partial charge on any atom is 0.279 e. The number of rotatable bonds is 4. The van der Waals surface area contributed by atoms with Crippen molar-refractivity contribution in [2.75, 3.05) is 18.4 Å². The molecule has 1 fully saturated rings. The Labute approximate surface area is 155 Å². The van der Waals surface area contributed by atoms with E-state index in [2.05, 4.69) is 17.4 Å². The normalized spacial score (nSPS) is 20.0. The van der Waals surface area contributed by atoms with E-state index in [1.54, 1.807) is 23.5 Å². The molecule has 1 aliphatic rings. The minimum Gasteiger partial charge on any atom is -0.321 e. The molecule has 1 saturated heterocycles. The van der Waals surface area contributed by atoms with Crippen molar-refractivity contribution in [3.8, 4) is 0 Å². The molecule has 2 N–H and O–H groups in total. The number of amides is 1. The highest BCUT2D eigenvalue weighted by Crippen LogP contribution is 2.28. The highest BCUT2D eigenvalue weighted by atomic mass is 35.5. The fourth-order valence-electron chi connectivity index (χ4n) is 3.40. The molecule has 1 aliphatic heterocycles. The van der Waals surface area contributed by atoms with E-state index in [0.29, 0.717) is 17.6 Å². The van der Waals surface area contributed by atoms with Crippen LogP contribution in [0.4, 0.5) is 5.69 Å². The van der Waals surface area contributed by atoms with Crippen molar-refractivity contribution >= 4 is 44.7 Å². The number of benzene rings is 2. The standard InChI is InChI=1S/C19H18ClN3OS/c20-13-7-9-14(10-8-13)21-18(24)12-23-11-3-5-16(23)19-22-15-4-1-2-6-17(15)25-19/h1-2,4,6-10,16H,3,5,11-12H2,(H,21,24)/p+1/t16-/m0/s1. The van der Waals surface area contributed by atoms with Crippen LogP contribution < -0.4 is 10.2 Å². The van der Waals surface area contributed by atoms with E-state index < -0.39 is 0 Å². The van der Waals surface area contributed by atoms with E-state index in [1.807, 2.05) is 24.3 Å². The van der Waals surface area contributed by atoms with Crippen molar-refractivity contribution in [2.45, 2.75) is 18.9 Å². The van der Waals surface area contributed by atoms with Crippen molar-refractivity contribution < 1.29 is 9.69 Å². The summed E-state index contributed by atoms with van der Waals surface area (Å²) in [5, 5.41) is 4.77. The fraction of sp³-hybridized carbons (Fsp3) is 0.263. The van der Waals surface area contributed by atoms with Gasteiger partial charge in [0.1, 0.15) is 6.04 Å². The number of hydrogen-bond acceptors (Lipinski definition) is 3. The number of quaternary nitrogens is 1. The first-order valence-corrected chi connectivity index (χ1v) is 9.64. The van der Waals surface area contributed by atoms with E-state index in [1.165, 1.54) is 9.60 Å². The summed E-state index contributed by atoms with van der Waals surface area (Å²) < 4.78 is 1.22. The van der Waals surface area contributed by atoms with Crippen LogP contribution in [0.25, 0.3) is 10.2 Å². The van der Waals surface area contributed by atoms with E-state index >= 15 is 0 Å². The Morgan fingerprint density at radius 1 is 1.24 bits per heavy atom. The first-order chi connectivity index (χ1) is 12.2. The van der Waals surface area contributed by atoms with Crippen LogP contribution in [-0.4, -0.2) is 24.0 Å². The molecule has 3 aromatic rings. The molecular weight excluding hydrogens is 354 g/mol. The summed E-state index contributed by atoms with van der Waals surface area (Å²) in [6, 6.07) is 15.7. The van der Waals surface area contributed by atoms with Gasteiger partial charge in [-0.25, -0.2) is 4.98 Å².